The van der Waals surface area contributed by atoms with Crippen molar-refractivity contribution in [1.29, 1.82) is 0 Å². The van der Waals surface area contributed by atoms with Crippen molar-refractivity contribution in [2.45, 2.75) is 47.1 Å². The molecule has 1 atom stereocenters. The second-order valence-corrected chi connectivity index (χ2v) is 7.52. The number of anilines is 1. The average molecular weight is 274 g/mol. The minimum Gasteiger partial charge on any atom is -0.370 e. The third-order valence-corrected chi connectivity index (χ3v) is 4.04. The molecule has 1 aromatic rings. The molecule has 2 nitrogen and oxygen atoms in total. The molecule has 1 heterocycles. The van der Waals surface area contributed by atoms with Gasteiger partial charge in [0.2, 0.25) is 0 Å². The van der Waals surface area contributed by atoms with Crippen LogP contribution in [0.2, 0.25) is 0 Å². The quantitative estimate of drug-likeness (QED) is 0.880. The van der Waals surface area contributed by atoms with Gasteiger partial charge in [-0.2, -0.15) is 0 Å². The summed E-state index contributed by atoms with van der Waals surface area (Å²) in [6.07, 6.45) is 1.22. The molecule has 1 aliphatic rings. The van der Waals surface area contributed by atoms with Gasteiger partial charge in [-0.25, -0.2) is 0 Å². The molecule has 20 heavy (non-hydrogen) atoms. The summed E-state index contributed by atoms with van der Waals surface area (Å²) in [5, 5.41) is 3.58. The van der Waals surface area contributed by atoms with Crippen molar-refractivity contribution in [1.82, 2.24) is 5.32 Å². The molecule has 1 N–H and O–H groups in total. The lowest BCUT2D eigenvalue weighted by molar-refractivity contribution is 0.320. The lowest BCUT2D eigenvalue weighted by atomic mass is 9.88. The molecule has 1 aromatic carbocycles. The molecule has 0 saturated carbocycles. The molecule has 0 aromatic heterocycles. The van der Waals surface area contributed by atoms with Gasteiger partial charge in [0.1, 0.15) is 0 Å². The fraction of sp³-hybridized carbons (Fsp3) is 0.667. The molecular formula is C18H30N2. The van der Waals surface area contributed by atoms with Gasteiger partial charge in [0.05, 0.1) is 0 Å². The first kappa shape index (κ1) is 15.4. The van der Waals surface area contributed by atoms with E-state index in [1.54, 1.807) is 0 Å². The molecule has 1 aliphatic heterocycles. The van der Waals surface area contributed by atoms with Crippen LogP contribution in [-0.4, -0.2) is 25.7 Å². The lowest BCUT2D eigenvalue weighted by Crippen LogP contribution is -2.45. The number of rotatable bonds is 5. The predicted molar refractivity (Wildman–Crippen MR) is 88.4 cm³/mol. The monoisotopic (exact) mass is 274 g/mol. The van der Waals surface area contributed by atoms with E-state index in [9.17, 15) is 0 Å². The maximum atomic E-state index is 3.58. The van der Waals surface area contributed by atoms with Crippen LogP contribution >= 0.6 is 0 Å². The van der Waals surface area contributed by atoms with Crippen molar-refractivity contribution in [3.05, 3.63) is 29.8 Å². The Morgan fingerprint density at radius 1 is 1.30 bits per heavy atom. The van der Waals surface area contributed by atoms with E-state index in [-0.39, 0.29) is 5.41 Å². The minimum absolute atomic E-state index is 0.286. The summed E-state index contributed by atoms with van der Waals surface area (Å²) in [6.45, 7) is 14.9. The normalized spacial score (nSPS) is 19.3. The summed E-state index contributed by atoms with van der Waals surface area (Å²) < 4.78 is 0. The van der Waals surface area contributed by atoms with E-state index in [1.165, 1.54) is 24.2 Å². The predicted octanol–water partition coefficient (Wildman–Crippen LogP) is 3.71. The number of hydrogen-bond donors (Lipinski definition) is 1. The third kappa shape index (κ3) is 3.99. The van der Waals surface area contributed by atoms with E-state index in [0.29, 0.717) is 6.04 Å². The molecule has 112 valence electrons. The first-order valence-electron chi connectivity index (χ1n) is 7.93. The Hall–Kier alpha value is -1.02. The number of benzene rings is 1. The van der Waals surface area contributed by atoms with Crippen LogP contribution in [0.3, 0.4) is 0 Å². The van der Waals surface area contributed by atoms with E-state index in [1.807, 2.05) is 0 Å². The first-order chi connectivity index (χ1) is 9.37. The summed E-state index contributed by atoms with van der Waals surface area (Å²) in [5.41, 5.74) is 3.25. The van der Waals surface area contributed by atoms with Gasteiger partial charge >= 0.3 is 0 Å². The second-order valence-electron chi connectivity index (χ2n) is 7.52. The highest BCUT2D eigenvalue weighted by Crippen LogP contribution is 2.31. The summed E-state index contributed by atoms with van der Waals surface area (Å²) in [5.74, 6) is 0.749. The smallest absolute Gasteiger partial charge is 0.0399 e. The highest BCUT2D eigenvalue weighted by Gasteiger charge is 2.27. The van der Waals surface area contributed by atoms with Gasteiger partial charge in [-0.15, -0.1) is 0 Å². The fourth-order valence-electron chi connectivity index (χ4n) is 3.11. The molecule has 2 heteroatoms. The van der Waals surface area contributed by atoms with Crippen LogP contribution in [0.4, 0.5) is 5.69 Å². The van der Waals surface area contributed by atoms with Crippen molar-refractivity contribution in [2.75, 3.05) is 24.5 Å². The van der Waals surface area contributed by atoms with E-state index in [4.69, 9.17) is 0 Å². The van der Waals surface area contributed by atoms with Crippen molar-refractivity contribution < 1.29 is 0 Å². The Morgan fingerprint density at radius 3 is 2.70 bits per heavy atom. The van der Waals surface area contributed by atoms with Gasteiger partial charge in [0, 0.05) is 31.4 Å². The minimum atomic E-state index is 0.286. The Kier molecular flexibility index (Phi) is 4.74. The molecule has 0 aliphatic carbocycles. The molecular weight excluding hydrogens is 244 g/mol. The van der Waals surface area contributed by atoms with Crippen LogP contribution in [0.5, 0.6) is 0 Å². The average Bonchev–Trinajstić information content (AvgIpc) is 2.36. The van der Waals surface area contributed by atoms with Gasteiger partial charge in [-0.1, -0.05) is 52.8 Å². The Labute approximate surface area is 124 Å². The van der Waals surface area contributed by atoms with Crippen LogP contribution in [0, 0.1) is 11.3 Å². The van der Waals surface area contributed by atoms with Gasteiger partial charge in [0.25, 0.3) is 0 Å². The lowest BCUT2D eigenvalue weighted by Gasteiger charge is -2.40. The summed E-state index contributed by atoms with van der Waals surface area (Å²) >= 11 is 0. The molecule has 0 fully saturated rings. The summed E-state index contributed by atoms with van der Waals surface area (Å²) in [4.78, 5) is 2.59. The van der Waals surface area contributed by atoms with Crippen molar-refractivity contribution >= 4 is 5.69 Å². The topological polar surface area (TPSA) is 15.3 Å². The van der Waals surface area contributed by atoms with E-state index in [2.05, 4.69) is 69.1 Å². The zero-order chi connectivity index (χ0) is 14.8. The number of hydrogen-bond acceptors (Lipinski definition) is 2. The number of fused-ring (bicyclic) bond motifs is 1. The second kappa shape index (κ2) is 6.17. The maximum Gasteiger partial charge on any atom is 0.0399 e. The van der Waals surface area contributed by atoms with Crippen molar-refractivity contribution in [2.24, 2.45) is 11.3 Å². The maximum absolute atomic E-state index is 3.58. The van der Waals surface area contributed by atoms with Gasteiger partial charge < -0.3 is 10.2 Å². The van der Waals surface area contributed by atoms with E-state index >= 15 is 0 Å². The largest absolute Gasteiger partial charge is 0.370 e. The number of nitrogens with one attached hydrogen (secondary N) is 1. The fourth-order valence-corrected chi connectivity index (χ4v) is 3.11. The van der Waals surface area contributed by atoms with Crippen LogP contribution in [0.15, 0.2) is 24.3 Å². The SMILES string of the molecule is CC1Cc2ccccc2N(CC(C)(C)CNC(C)C)C1. The van der Waals surface area contributed by atoms with Gasteiger partial charge in [-0.3, -0.25) is 0 Å². The van der Waals surface area contributed by atoms with Gasteiger partial charge in [-0.05, 0) is 29.4 Å². The number of nitrogens with zero attached hydrogens (tertiary/aromatic N) is 1. The Balaban J connectivity index is 2.09. The van der Waals surface area contributed by atoms with E-state index in [0.717, 1.165) is 19.0 Å². The van der Waals surface area contributed by atoms with Crippen molar-refractivity contribution in [3.63, 3.8) is 0 Å². The summed E-state index contributed by atoms with van der Waals surface area (Å²) in [7, 11) is 0. The Bertz CT molecular complexity index is 437. The van der Waals surface area contributed by atoms with Crippen molar-refractivity contribution in [3.8, 4) is 0 Å². The molecule has 0 saturated heterocycles. The van der Waals surface area contributed by atoms with Crippen LogP contribution < -0.4 is 10.2 Å². The van der Waals surface area contributed by atoms with Crippen LogP contribution in [0.1, 0.15) is 40.2 Å². The molecule has 0 amide bonds. The number of para-hydroxylation sites is 1. The van der Waals surface area contributed by atoms with E-state index < -0.39 is 0 Å². The molecule has 1 unspecified atom stereocenters. The Morgan fingerprint density at radius 2 is 2.00 bits per heavy atom. The standard InChI is InChI=1S/C18H30N2/c1-14(2)19-12-18(4,5)13-20-11-15(3)10-16-8-6-7-9-17(16)20/h6-9,14-15,19H,10-13H2,1-5H3. The van der Waals surface area contributed by atoms with Crippen LogP contribution in [-0.2, 0) is 6.42 Å². The zero-order valence-corrected chi connectivity index (χ0v) is 13.7. The van der Waals surface area contributed by atoms with Crippen LogP contribution in [0.25, 0.3) is 0 Å². The highest BCUT2D eigenvalue weighted by atomic mass is 15.2. The molecule has 0 spiro atoms. The summed E-state index contributed by atoms with van der Waals surface area (Å²) in [6, 6.07) is 9.47. The first-order valence-corrected chi connectivity index (χ1v) is 7.93. The molecule has 0 radical (unpaired) electrons. The zero-order valence-electron chi connectivity index (χ0n) is 13.7. The van der Waals surface area contributed by atoms with Gasteiger partial charge in [0.15, 0.2) is 0 Å². The third-order valence-electron chi connectivity index (χ3n) is 4.04. The molecule has 2 rings (SSSR count). The highest BCUT2D eigenvalue weighted by molar-refractivity contribution is 5.55. The molecule has 0 bridgehead atoms.